The monoisotopic (exact) mass is 350 g/mol. The summed E-state index contributed by atoms with van der Waals surface area (Å²) in [5.41, 5.74) is 2.59. The van der Waals surface area contributed by atoms with Crippen LogP contribution in [0.4, 0.5) is 11.6 Å². The Labute approximate surface area is 151 Å². The molecule has 7 heteroatoms. The maximum Gasteiger partial charge on any atom is 0.338 e. The van der Waals surface area contributed by atoms with Crippen molar-refractivity contribution in [1.29, 1.82) is 0 Å². The van der Waals surface area contributed by atoms with Crippen LogP contribution in [0.3, 0.4) is 0 Å². The Kier molecular flexibility index (Phi) is 5.38. The fourth-order valence-electron chi connectivity index (χ4n) is 2.38. The Bertz CT molecular complexity index is 915. The van der Waals surface area contributed by atoms with Crippen molar-refractivity contribution < 1.29 is 14.3 Å². The van der Waals surface area contributed by atoms with E-state index in [1.54, 1.807) is 50.7 Å². The Morgan fingerprint density at radius 3 is 2.81 bits per heavy atom. The number of carbonyl (C=O) groups excluding carboxylic acids is 1. The minimum Gasteiger partial charge on any atom is -0.481 e. The van der Waals surface area contributed by atoms with E-state index in [-0.39, 0.29) is 5.97 Å². The van der Waals surface area contributed by atoms with E-state index in [0.717, 1.165) is 5.56 Å². The third kappa shape index (κ3) is 3.94. The number of anilines is 2. The second-order valence-corrected chi connectivity index (χ2v) is 5.25. The van der Waals surface area contributed by atoms with Crippen LogP contribution < -0.4 is 10.1 Å². The molecular weight excluding hydrogens is 332 g/mol. The summed E-state index contributed by atoms with van der Waals surface area (Å²) in [7, 11) is 1.56. The van der Waals surface area contributed by atoms with Crippen LogP contribution in [0.2, 0.25) is 0 Å². The minimum atomic E-state index is -0.370. The van der Waals surface area contributed by atoms with Gasteiger partial charge >= 0.3 is 5.97 Å². The number of rotatable bonds is 6. The van der Waals surface area contributed by atoms with E-state index in [2.05, 4.69) is 20.3 Å². The number of pyridine rings is 1. The normalized spacial score (nSPS) is 10.2. The molecule has 132 valence electrons. The smallest absolute Gasteiger partial charge is 0.338 e. The number of esters is 1. The molecule has 0 aliphatic heterocycles. The molecule has 0 unspecified atom stereocenters. The van der Waals surface area contributed by atoms with Crippen LogP contribution in [0.5, 0.6) is 5.88 Å². The highest BCUT2D eigenvalue weighted by Gasteiger charge is 2.10. The zero-order valence-corrected chi connectivity index (χ0v) is 14.5. The number of carbonyl (C=O) groups is 1. The Hall–Kier alpha value is -3.48. The zero-order chi connectivity index (χ0) is 18.4. The lowest BCUT2D eigenvalue weighted by molar-refractivity contribution is 0.0526. The van der Waals surface area contributed by atoms with Crippen molar-refractivity contribution in [2.75, 3.05) is 19.0 Å². The number of nitrogens with zero attached hydrogens (tertiary/aromatic N) is 3. The van der Waals surface area contributed by atoms with Crippen LogP contribution in [-0.2, 0) is 4.74 Å². The molecule has 3 rings (SSSR count). The molecule has 0 radical (unpaired) electrons. The standard InChI is InChI=1S/C19H18N4O3/c1-3-26-18(24)13-6-4-7-14(12-13)22-19-21-11-9-16(23-19)15-8-5-10-20-17(15)25-2/h4-12H,3H2,1-2H3,(H,21,22,23). The molecule has 3 aromatic rings. The summed E-state index contributed by atoms with van der Waals surface area (Å²) in [4.78, 5) is 24.8. The molecule has 0 saturated carbocycles. The lowest BCUT2D eigenvalue weighted by Gasteiger charge is -2.09. The predicted molar refractivity (Wildman–Crippen MR) is 97.5 cm³/mol. The molecule has 2 heterocycles. The highest BCUT2D eigenvalue weighted by molar-refractivity contribution is 5.90. The van der Waals surface area contributed by atoms with E-state index in [4.69, 9.17) is 9.47 Å². The van der Waals surface area contributed by atoms with Gasteiger partial charge in [0, 0.05) is 18.1 Å². The largest absolute Gasteiger partial charge is 0.481 e. The van der Waals surface area contributed by atoms with Gasteiger partial charge in [0.25, 0.3) is 0 Å². The predicted octanol–water partition coefficient (Wildman–Crippen LogP) is 3.47. The van der Waals surface area contributed by atoms with Crippen molar-refractivity contribution >= 4 is 17.6 Å². The Balaban J connectivity index is 1.86. The summed E-state index contributed by atoms with van der Waals surface area (Å²) in [5.74, 6) is 0.516. The van der Waals surface area contributed by atoms with E-state index in [1.807, 2.05) is 18.2 Å². The summed E-state index contributed by atoms with van der Waals surface area (Å²) >= 11 is 0. The maximum atomic E-state index is 11.9. The molecule has 0 atom stereocenters. The number of ether oxygens (including phenoxy) is 2. The molecule has 0 aliphatic carbocycles. The SMILES string of the molecule is CCOC(=O)c1cccc(Nc2nccc(-c3cccnc3OC)n2)c1. The third-order valence-electron chi connectivity index (χ3n) is 3.53. The maximum absolute atomic E-state index is 11.9. The van der Waals surface area contributed by atoms with Crippen molar-refractivity contribution in [1.82, 2.24) is 15.0 Å². The van der Waals surface area contributed by atoms with Crippen molar-refractivity contribution in [3.8, 4) is 17.1 Å². The number of hydrogen-bond acceptors (Lipinski definition) is 7. The van der Waals surface area contributed by atoms with Crippen molar-refractivity contribution in [2.24, 2.45) is 0 Å². The molecule has 26 heavy (non-hydrogen) atoms. The van der Waals surface area contributed by atoms with E-state index >= 15 is 0 Å². The highest BCUT2D eigenvalue weighted by Crippen LogP contribution is 2.26. The van der Waals surface area contributed by atoms with Gasteiger partial charge in [0.05, 0.1) is 30.5 Å². The molecule has 2 aromatic heterocycles. The first-order valence-corrected chi connectivity index (χ1v) is 8.08. The average molecular weight is 350 g/mol. The van der Waals surface area contributed by atoms with Gasteiger partial charge in [-0.15, -0.1) is 0 Å². The van der Waals surface area contributed by atoms with Gasteiger partial charge in [0.2, 0.25) is 11.8 Å². The summed E-state index contributed by atoms with van der Waals surface area (Å²) in [5, 5.41) is 3.10. The fraction of sp³-hybridized carbons (Fsp3) is 0.158. The van der Waals surface area contributed by atoms with Crippen LogP contribution in [0, 0.1) is 0 Å². The van der Waals surface area contributed by atoms with E-state index < -0.39 is 0 Å². The van der Waals surface area contributed by atoms with Crippen LogP contribution in [0.1, 0.15) is 17.3 Å². The van der Waals surface area contributed by atoms with Gasteiger partial charge in [-0.2, -0.15) is 0 Å². The summed E-state index contributed by atoms with van der Waals surface area (Å²) in [6.45, 7) is 2.10. The highest BCUT2D eigenvalue weighted by atomic mass is 16.5. The van der Waals surface area contributed by atoms with Crippen molar-refractivity contribution in [3.63, 3.8) is 0 Å². The fourth-order valence-corrected chi connectivity index (χ4v) is 2.38. The zero-order valence-electron chi connectivity index (χ0n) is 14.5. The van der Waals surface area contributed by atoms with Crippen molar-refractivity contribution in [2.45, 2.75) is 6.92 Å². The van der Waals surface area contributed by atoms with Crippen molar-refractivity contribution in [3.05, 3.63) is 60.4 Å². The van der Waals surface area contributed by atoms with Crippen LogP contribution in [0.15, 0.2) is 54.9 Å². The van der Waals surface area contributed by atoms with Crippen LogP contribution in [0.25, 0.3) is 11.3 Å². The molecule has 1 aromatic carbocycles. The van der Waals surface area contributed by atoms with Gasteiger partial charge in [-0.25, -0.2) is 19.7 Å². The average Bonchev–Trinajstić information content (AvgIpc) is 2.68. The van der Waals surface area contributed by atoms with E-state index in [1.165, 1.54) is 0 Å². The molecule has 0 bridgehead atoms. The van der Waals surface area contributed by atoms with Crippen LogP contribution >= 0.6 is 0 Å². The molecule has 0 spiro atoms. The van der Waals surface area contributed by atoms with Gasteiger partial charge in [-0.3, -0.25) is 0 Å². The van der Waals surface area contributed by atoms with E-state index in [9.17, 15) is 4.79 Å². The lowest BCUT2D eigenvalue weighted by Crippen LogP contribution is -2.05. The number of benzene rings is 1. The molecule has 0 saturated heterocycles. The first kappa shape index (κ1) is 17.3. The lowest BCUT2D eigenvalue weighted by atomic mass is 10.2. The van der Waals surface area contributed by atoms with Gasteiger partial charge in [0.15, 0.2) is 0 Å². The summed E-state index contributed by atoms with van der Waals surface area (Å²) in [6.07, 6.45) is 3.30. The van der Waals surface area contributed by atoms with Gasteiger partial charge < -0.3 is 14.8 Å². The topological polar surface area (TPSA) is 86.2 Å². The van der Waals surface area contributed by atoms with Gasteiger partial charge in [-0.05, 0) is 43.3 Å². The molecule has 0 fully saturated rings. The van der Waals surface area contributed by atoms with Crippen LogP contribution in [-0.4, -0.2) is 34.6 Å². The first-order valence-electron chi connectivity index (χ1n) is 8.08. The molecule has 7 nitrogen and oxygen atoms in total. The van der Waals surface area contributed by atoms with Gasteiger partial charge in [0.1, 0.15) is 0 Å². The number of hydrogen-bond donors (Lipinski definition) is 1. The molecule has 0 amide bonds. The van der Waals surface area contributed by atoms with E-state index in [0.29, 0.717) is 35.4 Å². The first-order chi connectivity index (χ1) is 12.7. The second-order valence-electron chi connectivity index (χ2n) is 5.25. The Morgan fingerprint density at radius 2 is 2.00 bits per heavy atom. The Morgan fingerprint density at radius 1 is 1.12 bits per heavy atom. The number of nitrogens with one attached hydrogen (secondary N) is 1. The second kappa shape index (κ2) is 8.06. The number of aromatic nitrogens is 3. The minimum absolute atomic E-state index is 0.328. The molecule has 1 N–H and O–H groups in total. The van der Waals surface area contributed by atoms with Gasteiger partial charge in [-0.1, -0.05) is 6.07 Å². The molecule has 0 aliphatic rings. The third-order valence-corrected chi connectivity index (χ3v) is 3.53. The summed E-state index contributed by atoms with van der Waals surface area (Å²) < 4.78 is 10.3. The molecular formula is C19H18N4O3. The quantitative estimate of drug-likeness (QED) is 0.681. The summed E-state index contributed by atoms with van der Waals surface area (Å²) in [6, 6.07) is 12.4. The number of methoxy groups -OCH3 is 1.